The minimum absolute atomic E-state index is 0.317. The molecule has 19 heavy (non-hydrogen) atoms. The number of hydrogen-bond acceptors (Lipinski definition) is 4. The van der Waals surface area contributed by atoms with Crippen molar-refractivity contribution in [2.24, 2.45) is 0 Å². The third kappa shape index (κ3) is 6.55. The van der Waals surface area contributed by atoms with Crippen LogP contribution in [0.1, 0.15) is 40.5 Å². The highest BCUT2D eigenvalue weighted by atomic mass is 16.7. The van der Waals surface area contributed by atoms with E-state index in [-0.39, 0.29) is 12.1 Å². The smallest absolute Gasteiger partial charge is 0.331 e. The quantitative estimate of drug-likeness (QED) is 0.437. The van der Waals surface area contributed by atoms with E-state index < -0.39 is 6.29 Å². The molecular formula is C15H24O4. The molecular weight excluding hydrogens is 244 g/mol. The zero-order chi connectivity index (χ0) is 14.3. The van der Waals surface area contributed by atoms with Crippen molar-refractivity contribution in [3.63, 3.8) is 0 Å². The standard InChI is InChI=1S/C15H24O4/c1-11(2)7-9-18-15-13(6-5-8-17-15)19-14(16)10-12(3)4/h7,10,13,15H,5-6,8-9H2,1-4H3. The number of esters is 1. The lowest BCUT2D eigenvalue weighted by Gasteiger charge is -2.30. The molecule has 0 N–H and O–H groups in total. The van der Waals surface area contributed by atoms with Crippen LogP contribution in [0.25, 0.3) is 0 Å². The fourth-order valence-electron chi connectivity index (χ4n) is 1.73. The van der Waals surface area contributed by atoms with Gasteiger partial charge in [0.15, 0.2) is 12.4 Å². The summed E-state index contributed by atoms with van der Waals surface area (Å²) in [7, 11) is 0. The molecule has 0 aromatic rings. The van der Waals surface area contributed by atoms with Gasteiger partial charge in [0.05, 0.1) is 13.2 Å². The van der Waals surface area contributed by atoms with Gasteiger partial charge in [0, 0.05) is 6.08 Å². The number of carbonyl (C=O) groups excluding carboxylic acids is 1. The Morgan fingerprint density at radius 2 is 2.00 bits per heavy atom. The highest BCUT2D eigenvalue weighted by Crippen LogP contribution is 2.19. The predicted octanol–water partition coefficient (Wildman–Crippen LogP) is 2.98. The lowest BCUT2D eigenvalue weighted by molar-refractivity contribution is -0.220. The van der Waals surface area contributed by atoms with Crippen molar-refractivity contribution in [2.45, 2.75) is 52.9 Å². The molecule has 1 aliphatic rings. The second-order valence-electron chi connectivity index (χ2n) is 5.19. The molecule has 2 unspecified atom stereocenters. The molecule has 1 fully saturated rings. The van der Waals surface area contributed by atoms with E-state index in [1.165, 1.54) is 11.6 Å². The van der Waals surface area contributed by atoms with Gasteiger partial charge in [-0.15, -0.1) is 0 Å². The van der Waals surface area contributed by atoms with Gasteiger partial charge in [0.2, 0.25) is 0 Å². The number of hydrogen-bond donors (Lipinski definition) is 0. The Bertz CT molecular complexity index is 349. The topological polar surface area (TPSA) is 44.8 Å². The molecule has 0 amide bonds. The van der Waals surface area contributed by atoms with E-state index in [2.05, 4.69) is 0 Å². The molecule has 1 saturated heterocycles. The van der Waals surface area contributed by atoms with Crippen LogP contribution in [0.4, 0.5) is 0 Å². The van der Waals surface area contributed by atoms with Crippen LogP contribution in [0, 0.1) is 0 Å². The van der Waals surface area contributed by atoms with E-state index in [1.54, 1.807) is 0 Å². The van der Waals surface area contributed by atoms with Crippen LogP contribution in [0.5, 0.6) is 0 Å². The maximum absolute atomic E-state index is 11.6. The van der Waals surface area contributed by atoms with Crippen molar-refractivity contribution >= 4 is 5.97 Å². The van der Waals surface area contributed by atoms with Gasteiger partial charge in [-0.3, -0.25) is 0 Å². The van der Waals surface area contributed by atoms with Crippen molar-refractivity contribution in [3.05, 3.63) is 23.3 Å². The Balaban J connectivity index is 2.50. The van der Waals surface area contributed by atoms with E-state index >= 15 is 0 Å². The largest absolute Gasteiger partial charge is 0.454 e. The van der Waals surface area contributed by atoms with E-state index in [0.29, 0.717) is 13.2 Å². The monoisotopic (exact) mass is 268 g/mol. The fraction of sp³-hybridized carbons (Fsp3) is 0.667. The molecule has 4 nitrogen and oxygen atoms in total. The van der Waals surface area contributed by atoms with Gasteiger partial charge in [-0.1, -0.05) is 17.2 Å². The summed E-state index contributed by atoms with van der Waals surface area (Å²) >= 11 is 0. The Morgan fingerprint density at radius 3 is 2.63 bits per heavy atom. The molecule has 0 radical (unpaired) electrons. The lowest BCUT2D eigenvalue weighted by atomic mass is 10.1. The molecule has 0 spiro atoms. The van der Waals surface area contributed by atoms with Crippen LogP contribution in [0.3, 0.4) is 0 Å². The minimum atomic E-state index is -0.459. The maximum atomic E-state index is 11.6. The summed E-state index contributed by atoms with van der Waals surface area (Å²) in [6.07, 6.45) is 4.35. The molecule has 108 valence electrons. The van der Waals surface area contributed by atoms with E-state index in [9.17, 15) is 4.79 Å². The van der Waals surface area contributed by atoms with E-state index in [1.807, 2.05) is 33.8 Å². The summed E-state index contributed by atoms with van der Waals surface area (Å²) in [5.74, 6) is -0.327. The number of allylic oxidation sites excluding steroid dienone is 2. The number of carbonyl (C=O) groups is 1. The Morgan fingerprint density at radius 1 is 1.26 bits per heavy atom. The second kappa shape index (κ2) is 8.12. The van der Waals surface area contributed by atoms with Crippen LogP contribution in [-0.2, 0) is 19.0 Å². The lowest BCUT2D eigenvalue weighted by Crippen LogP contribution is -2.39. The Kier molecular flexibility index (Phi) is 6.81. The van der Waals surface area contributed by atoms with Crippen molar-refractivity contribution < 1.29 is 19.0 Å². The zero-order valence-corrected chi connectivity index (χ0v) is 12.3. The van der Waals surface area contributed by atoms with Crippen LogP contribution >= 0.6 is 0 Å². The highest BCUT2D eigenvalue weighted by Gasteiger charge is 2.29. The predicted molar refractivity (Wildman–Crippen MR) is 73.7 cm³/mol. The summed E-state index contributed by atoms with van der Waals surface area (Å²) in [4.78, 5) is 11.6. The first-order valence-electron chi connectivity index (χ1n) is 6.71. The van der Waals surface area contributed by atoms with Crippen molar-refractivity contribution in [1.29, 1.82) is 0 Å². The SMILES string of the molecule is CC(C)=CCOC1OCCCC1OC(=O)C=C(C)C. The van der Waals surface area contributed by atoms with Gasteiger partial charge in [0.25, 0.3) is 0 Å². The average Bonchev–Trinajstić information content (AvgIpc) is 2.29. The van der Waals surface area contributed by atoms with Crippen LogP contribution in [0.15, 0.2) is 23.3 Å². The normalized spacial score (nSPS) is 22.5. The summed E-state index contributed by atoms with van der Waals surface area (Å²) < 4.78 is 16.5. The molecule has 2 atom stereocenters. The molecule has 1 rings (SSSR count). The molecule has 0 bridgehead atoms. The van der Waals surface area contributed by atoms with Gasteiger partial charge < -0.3 is 14.2 Å². The van der Waals surface area contributed by atoms with Crippen LogP contribution < -0.4 is 0 Å². The number of rotatable bonds is 5. The summed E-state index contributed by atoms with van der Waals surface area (Å²) in [6.45, 7) is 8.87. The van der Waals surface area contributed by atoms with Gasteiger partial charge in [0.1, 0.15) is 0 Å². The van der Waals surface area contributed by atoms with E-state index in [0.717, 1.165) is 18.4 Å². The molecule has 1 heterocycles. The van der Waals surface area contributed by atoms with Crippen molar-refractivity contribution in [2.75, 3.05) is 13.2 Å². The van der Waals surface area contributed by atoms with Crippen LogP contribution in [-0.4, -0.2) is 31.6 Å². The molecule has 1 aliphatic heterocycles. The van der Waals surface area contributed by atoms with Gasteiger partial charge in [-0.2, -0.15) is 0 Å². The van der Waals surface area contributed by atoms with Gasteiger partial charge in [-0.25, -0.2) is 4.79 Å². The molecule has 0 saturated carbocycles. The number of ether oxygens (including phenoxy) is 3. The summed E-state index contributed by atoms with van der Waals surface area (Å²) in [6, 6.07) is 0. The zero-order valence-electron chi connectivity index (χ0n) is 12.3. The second-order valence-corrected chi connectivity index (χ2v) is 5.19. The molecule has 0 aromatic heterocycles. The summed E-state index contributed by atoms with van der Waals surface area (Å²) in [5, 5.41) is 0. The molecule has 0 aliphatic carbocycles. The summed E-state index contributed by atoms with van der Waals surface area (Å²) in [5.41, 5.74) is 2.11. The van der Waals surface area contributed by atoms with Gasteiger partial charge in [-0.05, 0) is 40.5 Å². The maximum Gasteiger partial charge on any atom is 0.331 e. The van der Waals surface area contributed by atoms with Crippen molar-refractivity contribution in [1.82, 2.24) is 0 Å². The van der Waals surface area contributed by atoms with Crippen LogP contribution in [0.2, 0.25) is 0 Å². The Hall–Kier alpha value is -1.13. The van der Waals surface area contributed by atoms with Gasteiger partial charge >= 0.3 is 5.97 Å². The third-order valence-corrected chi connectivity index (χ3v) is 2.64. The average molecular weight is 268 g/mol. The third-order valence-electron chi connectivity index (χ3n) is 2.64. The fourth-order valence-corrected chi connectivity index (χ4v) is 1.73. The first-order valence-corrected chi connectivity index (χ1v) is 6.71. The van der Waals surface area contributed by atoms with E-state index in [4.69, 9.17) is 14.2 Å². The van der Waals surface area contributed by atoms with Crippen molar-refractivity contribution in [3.8, 4) is 0 Å². The minimum Gasteiger partial charge on any atom is -0.454 e. The first kappa shape index (κ1) is 15.9. The molecule has 4 heteroatoms. The highest BCUT2D eigenvalue weighted by molar-refractivity contribution is 5.82. The first-order chi connectivity index (χ1) is 8.99. The Labute approximate surface area is 115 Å². The molecule has 0 aromatic carbocycles.